The van der Waals surface area contributed by atoms with E-state index in [1.165, 1.54) is 6.92 Å². The van der Waals surface area contributed by atoms with Crippen LogP contribution in [-0.4, -0.2) is 64.7 Å². The van der Waals surface area contributed by atoms with Crippen LogP contribution in [0.1, 0.15) is 45.1 Å². The van der Waals surface area contributed by atoms with E-state index >= 15 is 0 Å². The van der Waals surface area contributed by atoms with Crippen molar-refractivity contribution in [2.24, 2.45) is 0 Å². The van der Waals surface area contributed by atoms with Gasteiger partial charge in [0, 0.05) is 23.8 Å². The molecule has 0 aliphatic carbocycles. The summed E-state index contributed by atoms with van der Waals surface area (Å²) in [5.41, 5.74) is 0.785. The SMILES string of the molecule is C[C@H](NC(=O)CCCC[C@@H]1SC[C@@H]2NC(=O)N[C@@H]21)C(=O)N[C@@H](C)C(=O)N[C@@H](Cc1ccccc1)P(=O)(Oc1ccccc1)Oc1ccccc1. The van der Waals surface area contributed by atoms with E-state index in [9.17, 15) is 23.7 Å². The Kier molecular flexibility index (Phi) is 12.8. The lowest BCUT2D eigenvalue weighted by Crippen LogP contribution is -2.53. The second-order valence-electron chi connectivity index (χ2n) is 12.4. The lowest BCUT2D eigenvalue weighted by Gasteiger charge is -2.29. The number of nitrogens with one attached hydrogen (secondary N) is 5. The summed E-state index contributed by atoms with van der Waals surface area (Å²) in [6, 6.07) is 24.6. The van der Waals surface area contributed by atoms with Crippen molar-refractivity contribution in [1.82, 2.24) is 26.6 Å². The third-order valence-corrected chi connectivity index (χ3v) is 12.0. The molecule has 2 fully saturated rings. The minimum Gasteiger partial charge on any atom is -0.415 e. The zero-order valence-electron chi connectivity index (χ0n) is 28.1. The van der Waals surface area contributed by atoms with E-state index in [1.807, 2.05) is 42.1 Å². The fraction of sp³-hybridized carbons (Fsp3) is 0.389. The van der Waals surface area contributed by atoms with Gasteiger partial charge in [-0.2, -0.15) is 11.8 Å². The Morgan fingerprint density at radius 3 is 1.98 bits per heavy atom. The minimum absolute atomic E-state index is 0.114. The van der Waals surface area contributed by atoms with Crippen molar-refractivity contribution in [3.8, 4) is 11.5 Å². The highest BCUT2D eigenvalue weighted by Crippen LogP contribution is 2.53. The molecule has 3 aromatic carbocycles. The van der Waals surface area contributed by atoms with Crippen molar-refractivity contribution in [1.29, 1.82) is 0 Å². The van der Waals surface area contributed by atoms with Gasteiger partial charge in [0.2, 0.25) is 17.7 Å². The number of carbonyl (C=O) groups is 4. The van der Waals surface area contributed by atoms with Gasteiger partial charge in [-0.05, 0) is 56.5 Å². The monoisotopic (exact) mass is 721 g/mol. The van der Waals surface area contributed by atoms with Gasteiger partial charge in [0.25, 0.3) is 0 Å². The lowest BCUT2D eigenvalue weighted by molar-refractivity contribution is -0.131. The van der Waals surface area contributed by atoms with Gasteiger partial charge in [0.15, 0.2) is 5.78 Å². The molecule has 50 heavy (non-hydrogen) atoms. The van der Waals surface area contributed by atoms with Gasteiger partial charge in [0.1, 0.15) is 23.6 Å². The third kappa shape index (κ3) is 10.3. The van der Waals surface area contributed by atoms with Crippen molar-refractivity contribution >= 4 is 43.1 Å². The Morgan fingerprint density at radius 1 is 0.800 bits per heavy atom. The Hall–Kier alpha value is -4.48. The van der Waals surface area contributed by atoms with Crippen molar-refractivity contribution in [3.63, 3.8) is 0 Å². The quantitative estimate of drug-likeness (QED) is 0.0757. The molecule has 0 bridgehead atoms. The van der Waals surface area contributed by atoms with E-state index in [0.717, 1.165) is 24.2 Å². The summed E-state index contributed by atoms with van der Waals surface area (Å²) in [4.78, 5) is 50.8. The predicted molar refractivity (Wildman–Crippen MR) is 193 cm³/mol. The highest BCUT2D eigenvalue weighted by atomic mass is 32.2. The number of hydrogen-bond donors (Lipinski definition) is 5. The predicted octanol–water partition coefficient (Wildman–Crippen LogP) is 4.76. The second-order valence-corrected chi connectivity index (χ2v) is 15.8. The third-order valence-electron chi connectivity index (χ3n) is 8.52. The Morgan fingerprint density at radius 2 is 1.36 bits per heavy atom. The highest BCUT2D eigenvalue weighted by Gasteiger charge is 2.43. The van der Waals surface area contributed by atoms with Gasteiger partial charge < -0.3 is 35.6 Å². The number of hydrogen-bond acceptors (Lipinski definition) is 8. The van der Waals surface area contributed by atoms with E-state index in [4.69, 9.17) is 9.05 Å². The van der Waals surface area contributed by atoms with Gasteiger partial charge in [-0.1, -0.05) is 73.2 Å². The van der Waals surface area contributed by atoms with Crippen molar-refractivity contribution < 1.29 is 32.8 Å². The largest absolute Gasteiger partial charge is 0.453 e. The second kappa shape index (κ2) is 17.4. The summed E-state index contributed by atoms with van der Waals surface area (Å²) >= 11 is 1.83. The van der Waals surface area contributed by atoms with Gasteiger partial charge in [-0.15, -0.1) is 0 Å². The van der Waals surface area contributed by atoms with Crippen LogP contribution in [0, 0.1) is 0 Å². The molecule has 5 N–H and O–H groups in total. The number of fused-ring (bicyclic) bond motifs is 1. The molecular formula is C36H44N5O7PS. The molecule has 3 aromatic rings. The Labute approximate surface area is 296 Å². The molecule has 0 saturated carbocycles. The number of carbonyl (C=O) groups excluding carboxylic acids is 4. The highest BCUT2D eigenvalue weighted by molar-refractivity contribution is 8.00. The zero-order valence-corrected chi connectivity index (χ0v) is 29.8. The van der Waals surface area contributed by atoms with Gasteiger partial charge in [-0.25, -0.2) is 9.36 Å². The zero-order chi connectivity index (χ0) is 35.5. The molecule has 2 aliphatic rings. The fourth-order valence-electron chi connectivity index (χ4n) is 5.83. The molecular weight excluding hydrogens is 677 g/mol. The van der Waals surface area contributed by atoms with E-state index in [0.29, 0.717) is 23.2 Å². The van der Waals surface area contributed by atoms with Crippen LogP contribution >= 0.6 is 19.4 Å². The molecule has 2 aliphatic heterocycles. The number of urea groups is 1. The van der Waals surface area contributed by atoms with Gasteiger partial charge >= 0.3 is 13.6 Å². The molecule has 6 atom stereocenters. The first-order chi connectivity index (χ1) is 24.1. The molecule has 0 aromatic heterocycles. The van der Waals surface area contributed by atoms with E-state index < -0.39 is 37.3 Å². The Bertz CT molecular complexity index is 1610. The summed E-state index contributed by atoms with van der Waals surface area (Å²) in [6.07, 6.45) is 2.71. The van der Waals surface area contributed by atoms with Crippen LogP contribution in [0.3, 0.4) is 0 Å². The lowest BCUT2D eigenvalue weighted by atomic mass is 10.0. The standard InChI is InChI=1S/C36H44N5O7PS/c1-24(37-31(42)21-13-12-20-30-33-29(23-50-30)39-36(45)41-33)34(43)38-25(2)35(44)40-32(22-26-14-6-3-7-15-26)49(46,47-27-16-8-4-9-17-27)48-28-18-10-5-11-19-28/h3-11,14-19,24-25,29-30,32-33H,12-13,20-23H2,1-2H3,(H,37,42)(H,38,43)(H,40,44)(H2,39,41,45)/t24-,25-,29-,30-,32+,33-/m0/s1. The number of amides is 5. The molecule has 5 rings (SSSR count). The summed E-state index contributed by atoms with van der Waals surface area (Å²) < 4.78 is 26.8. The number of thioether (sulfide) groups is 1. The summed E-state index contributed by atoms with van der Waals surface area (Å²) in [6.45, 7) is 3.06. The molecule has 5 amide bonds. The minimum atomic E-state index is -4.16. The first-order valence-electron chi connectivity index (χ1n) is 16.8. The van der Waals surface area contributed by atoms with Crippen LogP contribution in [0.4, 0.5) is 4.79 Å². The molecule has 2 heterocycles. The van der Waals surface area contributed by atoms with E-state index in [2.05, 4.69) is 26.6 Å². The van der Waals surface area contributed by atoms with Crippen LogP contribution < -0.4 is 35.6 Å². The van der Waals surface area contributed by atoms with E-state index in [-0.39, 0.29) is 36.9 Å². The van der Waals surface area contributed by atoms with E-state index in [1.54, 1.807) is 67.6 Å². The van der Waals surface area contributed by atoms with Crippen molar-refractivity contribution in [2.75, 3.05) is 5.75 Å². The number of para-hydroxylation sites is 2. The number of rotatable bonds is 17. The van der Waals surface area contributed by atoms with Crippen LogP contribution in [0.25, 0.3) is 0 Å². The maximum atomic E-state index is 14.7. The average molecular weight is 722 g/mol. The Balaban J connectivity index is 1.17. The summed E-state index contributed by atoms with van der Waals surface area (Å²) in [5, 5.41) is 14.4. The van der Waals surface area contributed by atoms with Crippen LogP contribution in [0.5, 0.6) is 11.5 Å². The van der Waals surface area contributed by atoms with Crippen LogP contribution in [-0.2, 0) is 25.4 Å². The molecule has 14 heteroatoms. The topological polar surface area (TPSA) is 164 Å². The average Bonchev–Trinajstić information content (AvgIpc) is 3.66. The molecule has 0 radical (unpaired) electrons. The first kappa shape index (κ1) is 36.8. The van der Waals surface area contributed by atoms with Gasteiger partial charge in [0.05, 0.1) is 12.1 Å². The number of unbranched alkanes of at least 4 members (excludes halogenated alkanes) is 1. The molecule has 0 unspecified atom stereocenters. The maximum absolute atomic E-state index is 14.7. The normalized spacial score (nSPS) is 19.9. The van der Waals surface area contributed by atoms with Crippen molar-refractivity contribution in [3.05, 3.63) is 96.6 Å². The summed E-state index contributed by atoms with van der Waals surface area (Å²) in [5.74, 6) is -1.06. The van der Waals surface area contributed by atoms with Crippen LogP contribution in [0.2, 0.25) is 0 Å². The summed E-state index contributed by atoms with van der Waals surface area (Å²) in [7, 11) is -4.16. The first-order valence-corrected chi connectivity index (χ1v) is 19.5. The van der Waals surface area contributed by atoms with Gasteiger partial charge in [-0.3, -0.25) is 14.4 Å². The maximum Gasteiger partial charge on any atom is 0.453 e. The smallest absolute Gasteiger partial charge is 0.415 e. The molecule has 12 nitrogen and oxygen atoms in total. The number of benzene rings is 3. The molecule has 2 saturated heterocycles. The van der Waals surface area contributed by atoms with Crippen molar-refractivity contribution in [2.45, 2.75) is 81.2 Å². The van der Waals surface area contributed by atoms with Crippen LogP contribution in [0.15, 0.2) is 91.0 Å². The molecule has 0 spiro atoms. The fourth-order valence-corrected chi connectivity index (χ4v) is 9.21. The molecule has 266 valence electrons.